The maximum absolute atomic E-state index is 13.2. The molecule has 0 saturated heterocycles. The highest BCUT2D eigenvalue weighted by Gasteiger charge is 2.40. The van der Waals surface area contributed by atoms with Gasteiger partial charge in [-0.3, -0.25) is 9.59 Å². The SMILES string of the molecule is Cc1ccc(N2C(=O)C(Nc3ccccc3)=C(c3ccccc3)C2=O)cc1. The van der Waals surface area contributed by atoms with Crippen molar-refractivity contribution in [3.63, 3.8) is 0 Å². The molecule has 27 heavy (non-hydrogen) atoms. The lowest BCUT2D eigenvalue weighted by atomic mass is 10.0. The van der Waals surface area contributed by atoms with Crippen LogP contribution in [0.4, 0.5) is 11.4 Å². The van der Waals surface area contributed by atoms with Gasteiger partial charge in [0.2, 0.25) is 0 Å². The summed E-state index contributed by atoms with van der Waals surface area (Å²) >= 11 is 0. The number of anilines is 2. The second-order valence-electron chi connectivity index (χ2n) is 6.39. The van der Waals surface area contributed by atoms with Crippen LogP contribution >= 0.6 is 0 Å². The number of benzene rings is 3. The van der Waals surface area contributed by atoms with Crippen LogP contribution in [-0.2, 0) is 9.59 Å². The van der Waals surface area contributed by atoms with E-state index in [4.69, 9.17) is 0 Å². The highest BCUT2D eigenvalue weighted by Crippen LogP contribution is 2.33. The average Bonchev–Trinajstić information content (AvgIpc) is 2.94. The second kappa shape index (κ2) is 6.92. The van der Waals surface area contributed by atoms with E-state index in [0.717, 1.165) is 11.3 Å². The molecular weight excluding hydrogens is 336 g/mol. The predicted molar refractivity (Wildman–Crippen MR) is 107 cm³/mol. The molecule has 132 valence electrons. The first-order chi connectivity index (χ1) is 13.1. The predicted octanol–water partition coefficient (Wildman–Crippen LogP) is 4.39. The smallest absolute Gasteiger partial charge is 0.282 e. The molecule has 3 aromatic rings. The molecular formula is C23H18N2O2. The Morgan fingerprint density at radius 2 is 1.30 bits per heavy atom. The van der Waals surface area contributed by atoms with Gasteiger partial charge in [0.25, 0.3) is 11.8 Å². The summed E-state index contributed by atoms with van der Waals surface area (Å²) in [7, 11) is 0. The van der Waals surface area contributed by atoms with Crippen LogP contribution in [-0.4, -0.2) is 11.8 Å². The minimum absolute atomic E-state index is 0.290. The molecule has 0 radical (unpaired) electrons. The first-order valence-electron chi connectivity index (χ1n) is 8.72. The molecule has 0 spiro atoms. The maximum Gasteiger partial charge on any atom is 0.282 e. The van der Waals surface area contributed by atoms with Gasteiger partial charge < -0.3 is 5.32 Å². The lowest BCUT2D eigenvalue weighted by Crippen LogP contribution is -2.32. The largest absolute Gasteiger partial charge is 0.350 e. The van der Waals surface area contributed by atoms with E-state index < -0.39 is 0 Å². The fourth-order valence-electron chi connectivity index (χ4n) is 3.11. The summed E-state index contributed by atoms with van der Waals surface area (Å²) in [5.74, 6) is -0.681. The third-order valence-electron chi connectivity index (χ3n) is 4.48. The number of rotatable bonds is 4. The molecule has 0 atom stereocenters. The molecule has 0 fully saturated rings. The fraction of sp³-hybridized carbons (Fsp3) is 0.0435. The van der Waals surface area contributed by atoms with Crippen LogP contribution in [0.25, 0.3) is 5.57 Å². The number of aryl methyl sites for hydroxylation is 1. The van der Waals surface area contributed by atoms with Crippen molar-refractivity contribution >= 4 is 28.8 Å². The van der Waals surface area contributed by atoms with Gasteiger partial charge in [-0.25, -0.2) is 4.90 Å². The zero-order chi connectivity index (χ0) is 18.8. The van der Waals surface area contributed by atoms with Crippen LogP contribution in [0.1, 0.15) is 11.1 Å². The summed E-state index contributed by atoms with van der Waals surface area (Å²) in [4.78, 5) is 27.6. The molecule has 1 N–H and O–H groups in total. The lowest BCUT2D eigenvalue weighted by Gasteiger charge is -2.15. The van der Waals surface area contributed by atoms with E-state index in [-0.39, 0.29) is 17.5 Å². The molecule has 0 unspecified atom stereocenters. The number of nitrogens with one attached hydrogen (secondary N) is 1. The summed E-state index contributed by atoms with van der Waals surface area (Å²) < 4.78 is 0. The van der Waals surface area contributed by atoms with E-state index in [1.165, 1.54) is 4.90 Å². The van der Waals surface area contributed by atoms with Crippen molar-refractivity contribution in [1.82, 2.24) is 0 Å². The van der Waals surface area contributed by atoms with Gasteiger partial charge in [-0.15, -0.1) is 0 Å². The van der Waals surface area contributed by atoms with Gasteiger partial charge in [0.05, 0.1) is 11.3 Å². The number of para-hydroxylation sites is 1. The maximum atomic E-state index is 13.2. The molecule has 1 aliphatic rings. The molecule has 4 nitrogen and oxygen atoms in total. The summed E-state index contributed by atoms with van der Waals surface area (Å²) in [6.07, 6.45) is 0. The summed E-state index contributed by atoms with van der Waals surface area (Å²) in [5.41, 5.74) is 3.77. The Bertz CT molecular complexity index is 1020. The fourth-order valence-corrected chi connectivity index (χ4v) is 3.11. The van der Waals surface area contributed by atoms with Gasteiger partial charge in [0.15, 0.2) is 0 Å². The molecule has 0 aliphatic carbocycles. The average molecular weight is 354 g/mol. The highest BCUT2D eigenvalue weighted by atomic mass is 16.2. The van der Waals surface area contributed by atoms with Crippen LogP contribution in [0, 0.1) is 6.92 Å². The normalized spacial score (nSPS) is 14.0. The third-order valence-corrected chi connectivity index (χ3v) is 4.48. The monoisotopic (exact) mass is 354 g/mol. The summed E-state index contributed by atoms with van der Waals surface area (Å²) in [6, 6.07) is 26.0. The first-order valence-corrected chi connectivity index (χ1v) is 8.72. The Morgan fingerprint density at radius 1 is 0.704 bits per heavy atom. The van der Waals surface area contributed by atoms with Crippen LogP contribution in [0.3, 0.4) is 0 Å². The molecule has 1 heterocycles. The molecule has 1 aliphatic heterocycles. The van der Waals surface area contributed by atoms with Gasteiger partial charge in [-0.1, -0.05) is 66.2 Å². The van der Waals surface area contributed by atoms with Crippen molar-refractivity contribution in [2.24, 2.45) is 0 Å². The number of nitrogens with zero attached hydrogens (tertiary/aromatic N) is 1. The van der Waals surface area contributed by atoms with Crippen molar-refractivity contribution in [2.45, 2.75) is 6.92 Å². The Balaban J connectivity index is 1.81. The molecule has 2 amide bonds. The molecule has 0 aromatic heterocycles. The van der Waals surface area contributed by atoms with E-state index in [0.29, 0.717) is 16.8 Å². The zero-order valence-corrected chi connectivity index (χ0v) is 14.8. The van der Waals surface area contributed by atoms with Crippen molar-refractivity contribution < 1.29 is 9.59 Å². The summed E-state index contributed by atoms with van der Waals surface area (Å²) in [5, 5.41) is 3.15. The van der Waals surface area contributed by atoms with E-state index in [1.54, 1.807) is 12.1 Å². The Labute approximate surface area is 157 Å². The number of imide groups is 1. The Morgan fingerprint density at radius 3 is 1.93 bits per heavy atom. The quantitative estimate of drug-likeness (QED) is 0.707. The van der Waals surface area contributed by atoms with Crippen molar-refractivity contribution in [3.8, 4) is 0 Å². The van der Waals surface area contributed by atoms with E-state index >= 15 is 0 Å². The minimum Gasteiger partial charge on any atom is -0.350 e. The molecule has 4 heteroatoms. The Kier molecular flexibility index (Phi) is 4.30. The number of carbonyl (C=O) groups is 2. The van der Waals surface area contributed by atoms with Gasteiger partial charge in [-0.05, 0) is 36.8 Å². The minimum atomic E-state index is -0.355. The summed E-state index contributed by atoms with van der Waals surface area (Å²) in [6.45, 7) is 1.97. The topological polar surface area (TPSA) is 49.4 Å². The van der Waals surface area contributed by atoms with Crippen molar-refractivity contribution in [3.05, 3.63) is 102 Å². The molecule has 3 aromatic carbocycles. The van der Waals surface area contributed by atoms with Gasteiger partial charge in [0.1, 0.15) is 5.70 Å². The number of carbonyl (C=O) groups excluding carboxylic acids is 2. The molecule has 0 saturated carbocycles. The van der Waals surface area contributed by atoms with E-state index in [9.17, 15) is 9.59 Å². The zero-order valence-electron chi connectivity index (χ0n) is 14.8. The van der Waals surface area contributed by atoms with Gasteiger partial charge >= 0.3 is 0 Å². The standard InChI is InChI=1S/C23H18N2O2/c1-16-12-14-19(15-13-16)25-22(26)20(17-8-4-2-5-9-17)21(23(25)27)24-18-10-6-3-7-11-18/h2-15,24H,1H3. The number of hydrogen-bond acceptors (Lipinski definition) is 3. The molecule has 0 bridgehead atoms. The van der Waals surface area contributed by atoms with Crippen LogP contribution in [0.5, 0.6) is 0 Å². The van der Waals surface area contributed by atoms with Crippen molar-refractivity contribution in [1.29, 1.82) is 0 Å². The van der Waals surface area contributed by atoms with Crippen molar-refractivity contribution in [2.75, 3.05) is 10.2 Å². The van der Waals surface area contributed by atoms with Gasteiger partial charge in [-0.2, -0.15) is 0 Å². The van der Waals surface area contributed by atoms with Gasteiger partial charge in [0, 0.05) is 5.69 Å². The van der Waals surface area contributed by atoms with Crippen LogP contribution in [0.15, 0.2) is 90.6 Å². The molecule has 4 rings (SSSR count). The number of amides is 2. The van der Waals surface area contributed by atoms with Crippen LogP contribution in [0.2, 0.25) is 0 Å². The first kappa shape index (κ1) is 16.8. The van der Waals surface area contributed by atoms with E-state index in [1.807, 2.05) is 79.7 Å². The van der Waals surface area contributed by atoms with E-state index in [2.05, 4.69) is 5.32 Å². The third kappa shape index (κ3) is 3.13. The number of hydrogen-bond donors (Lipinski definition) is 1. The lowest BCUT2D eigenvalue weighted by molar-refractivity contribution is -0.120. The highest BCUT2D eigenvalue weighted by molar-refractivity contribution is 6.46. The van der Waals surface area contributed by atoms with Crippen LogP contribution < -0.4 is 10.2 Å². The second-order valence-corrected chi connectivity index (χ2v) is 6.39. The Hall–Kier alpha value is -3.66.